The molecule has 0 aliphatic heterocycles. The fourth-order valence-electron chi connectivity index (χ4n) is 3.17. The quantitative estimate of drug-likeness (QED) is 0.366. The molecular formula is C20H14N6O3. The van der Waals surface area contributed by atoms with Gasteiger partial charge in [0, 0.05) is 41.8 Å². The average Bonchev–Trinajstić information content (AvgIpc) is 3.34. The summed E-state index contributed by atoms with van der Waals surface area (Å²) in [5.74, 6) is 1.27. The number of aryl methyl sites for hydroxylation is 1. The Bertz CT molecular complexity index is 1390. The van der Waals surface area contributed by atoms with Gasteiger partial charge in [0.05, 0.1) is 11.1 Å². The first-order valence-electron chi connectivity index (χ1n) is 8.78. The molecule has 1 N–H and O–H groups in total. The Morgan fingerprint density at radius 3 is 2.90 bits per heavy atom. The van der Waals surface area contributed by atoms with E-state index in [4.69, 9.17) is 4.74 Å². The van der Waals surface area contributed by atoms with Gasteiger partial charge < -0.3 is 9.72 Å². The van der Waals surface area contributed by atoms with Crippen molar-refractivity contribution in [1.82, 2.24) is 24.7 Å². The first-order valence-corrected chi connectivity index (χ1v) is 8.78. The van der Waals surface area contributed by atoms with Gasteiger partial charge in [-0.3, -0.25) is 14.8 Å². The fraction of sp³-hybridized carbons (Fsp3) is 0.0500. The van der Waals surface area contributed by atoms with Crippen molar-refractivity contribution in [3.05, 3.63) is 71.0 Å². The molecule has 142 valence electrons. The number of benzene rings is 2. The molecule has 0 bridgehead atoms. The highest BCUT2D eigenvalue weighted by Gasteiger charge is 2.16. The minimum Gasteiger partial charge on any atom is -0.438 e. The van der Waals surface area contributed by atoms with Crippen LogP contribution >= 0.6 is 0 Å². The van der Waals surface area contributed by atoms with E-state index >= 15 is 0 Å². The predicted molar refractivity (Wildman–Crippen MR) is 107 cm³/mol. The van der Waals surface area contributed by atoms with Crippen molar-refractivity contribution in [1.29, 1.82) is 0 Å². The summed E-state index contributed by atoms with van der Waals surface area (Å²) in [6, 6.07) is 13.8. The van der Waals surface area contributed by atoms with Crippen LogP contribution in [0, 0.1) is 10.1 Å². The van der Waals surface area contributed by atoms with Crippen LogP contribution in [-0.4, -0.2) is 29.7 Å². The summed E-state index contributed by atoms with van der Waals surface area (Å²) >= 11 is 0. The monoisotopic (exact) mass is 386 g/mol. The SMILES string of the molecule is Cn1ncc2c(Oc3ccc4[nH]ccc4c3)nc(-c3cccc([N+](=O)[O-])c3)nc21. The number of aromatic nitrogens is 5. The number of fused-ring (bicyclic) bond motifs is 2. The first kappa shape index (κ1) is 16.9. The molecule has 5 rings (SSSR count). The number of hydrogen-bond donors (Lipinski definition) is 1. The van der Waals surface area contributed by atoms with Gasteiger partial charge in [0.25, 0.3) is 5.69 Å². The van der Waals surface area contributed by atoms with Crippen LogP contribution in [0.2, 0.25) is 0 Å². The number of hydrogen-bond acceptors (Lipinski definition) is 6. The second-order valence-corrected chi connectivity index (χ2v) is 6.49. The van der Waals surface area contributed by atoms with Crippen molar-refractivity contribution < 1.29 is 9.66 Å². The highest BCUT2D eigenvalue weighted by Crippen LogP contribution is 2.32. The Kier molecular flexibility index (Phi) is 3.73. The van der Waals surface area contributed by atoms with Crippen LogP contribution in [0.15, 0.2) is 60.9 Å². The van der Waals surface area contributed by atoms with Crippen LogP contribution in [0.5, 0.6) is 11.6 Å². The molecular weight excluding hydrogens is 372 g/mol. The average molecular weight is 386 g/mol. The lowest BCUT2D eigenvalue weighted by molar-refractivity contribution is -0.384. The molecule has 0 fully saturated rings. The Morgan fingerprint density at radius 1 is 1.14 bits per heavy atom. The summed E-state index contributed by atoms with van der Waals surface area (Å²) in [5.41, 5.74) is 2.06. The molecule has 29 heavy (non-hydrogen) atoms. The van der Waals surface area contributed by atoms with E-state index in [1.165, 1.54) is 12.1 Å². The van der Waals surface area contributed by atoms with Gasteiger partial charge in [-0.1, -0.05) is 12.1 Å². The van der Waals surface area contributed by atoms with Crippen LogP contribution in [0.3, 0.4) is 0 Å². The molecule has 0 aliphatic rings. The van der Waals surface area contributed by atoms with E-state index < -0.39 is 4.92 Å². The molecule has 3 aromatic heterocycles. The van der Waals surface area contributed by atoms with Crippen molar-refractivity contribution >= 4 is 27.6 Å². The molecule has 0 atom stereocenters. The smallest absolute Gasteiger partial charge is 0.270 e. The Hall–Kier alpha value is -4.27. The van der Waals surface area contributed by atoms with Crippen LogP contribution in [0.1, 0.15) is 0 Å². The van der Waals surface area contributed by atoms with Gasteiger partial charge in [0.2, 0.25) is 5.88 Å². The summed E-state index contributed by atoms with van der Waals surface area (Å²) < 4.78 is 7.68. The number of non-ortho nitro benzene ring substituents is 1. The maximum atomic E-state index is 11.1. The zero-order valence-electron chi connectivity index (χ0n) is 15.2. The molecule has 9 nitrogen and oxygen atoms in total. The molecule has 0 amide bonds. The lowest BCUT2D eigenvalue weighted by Gasteiger charge is -2.09. The largest absolute Gasteiger partial charge is 0.438 e. The predicted octanol–water partition coefficient (Wildman–Crippen LogP) is 4.21. The number of ether oxygens (including phenoxy) is 1. The van der Waals surface area contributed by atoms with E-state index in [0.717, 1.165) is 10.9 Å². The zero-order chi connectivity index (χ0) is 20.0. The van der Waals surface area contributed by atoms with Gasteiger partial charge in [-0.25, -0.2) is 4.98 Å². The van der Waals surface area contributed by atoms with Crippen LogP contribution in [0.4, 0.5) is 5.69 Å². The van der Waals surface area contributed by atoms with Crippen LogP contribution in [0.25, 0.3) is 33.3 Å². The number of nitro groups is 1. The Labute approximate surface area is 163 Å². The van der Waals surface area contributed by atoms with Gasteiger partial charge in [0.15, 0.2) is 11.5 Å². The van der Waals surface area contributed by atoms with E-state index in [9.17, 15) is 10.1 Å². The van der Waals surface area contributed by atoms with Crippen molar-refractivity contribution in [2.45, 2.75) is 0 Å². The van der Waals surface area contributed by atoms with Gasteiger partial charge >= 0.3 is 0 Å². The number of H-pyrrole nitrogens is 1. The Morgan fingerprint density at radius 2 is 2.03 bits per heavy atom. The lowest BCUT2D eigenvalue weighted by Crippen LogP contribution is -1.99. The van der Waals surface area contributed by atoms with Crippen molar-refractivity contribution in [2.24, 2.45) is 7.05 Å². The molecule has 0 radical (unpaired) electrons. The van der Waals surface area contributed by atoms with Crippen LogP contribution in [-0.2, 0) is 7.05 Å². The fourth-order valence-corrected chi connectivity index (χ4v) is 3.17. The third kappa shape index (κ3) is 2.94. The molecule has 0 saturated carbocycles. The first-order chi connectivity index (χ1) is 14.1. The molecule has 0 unspecified atom stereocenters. The van der Waals surface area contributed by atoms with E-state index in [-0.39, 0.29) is 5.69 Å². The molecule has 5 aromatic rings. The van der Waals surface area contributed by atoms with E-state index in [1.54, 1.807) is 30.1 Å². The standard InChI is InChI=1S/C20H14N6O3/c1-25-19-16(11-22-25)20(29-15-5-6-17-12(10-15)7-8-21-17)24-18(23-19)13-3-2-4-14(9-13)26(27)28/h2-11,21H,1H3. The van der Waals surface area contributed by atoms with E-state index in [0.29, 0.717) is 34.1 Å². The van der Waals surface area contributed by atoms with Crippen molar-refractivity contribution in [2.75, 3.05) is 0 Å². The maximum Gasteiger partial charge on any atom is 0.270 e. The number of nitro benzene ring substituents is 1. The number of aromatic amines is 1. The van der Waals surface area contributed by atoms with Crippen molar-refractivity contribution in [3.63, 3.8) is 0 Å². The highest BCUT2D eigenvalue weighted by molar-refractivity contribution is 5.84. The minimum atomic E-state index is -0.449. The summed E-state index contributed by atoms with van der Waals surface area (Å²) in [6.07, 6.45) is 3.50. The van der Waals surface area contributed by atoms with Gasteiger partial charge in [-0.2, -0.15) is 10.1 Å². The topological polar surface area (TPSA) is 112 Å². The third-order valence-electron chi connectivity index (χ3n) is 4.61. The summed E-state index contributed by atoms with van der Waals surface area (Å²) in [6.45, 7) is 0. The number of rotatable bonds is 4. The second kappa shape index (κ2) is 6.41. The third-order valence-corrected chi connectivity index (χ3v) is 4.61. The molecule has 0 saturated heterocycles. The lowest BCUT2D eigenvalue weighted by atomic mass is 10.2. The van der Waals surface area contributed by atoms with Gasteiger partial charge in [0.1, 0.15) is 11.1 Å². The minimum absolute atomic E-state index is 0.0309. The summed E-state index contributed by atoms with van der Waals surface area (Å²) in [4.78, 5) is 22.9. The van der Waals surface area contributed by atoms with Gasteiger partial charge in [-0.05, 0) is 24.3 Å². The maximum absolute atomic E-state index is 11.1. The molecule has 9 heteroatoms. The molecule has 0 aliphatic carbocycles. The normalized spacial score (nSPS) is 11.2. The summed E-state index contributed by atoms with van der Waals surface area (Å²) in [7, 11) is 1.77. The Balaban J connectivity index is 1.64. The van der Waals surface area contributed by atoms with Crippen molar-refractivity contribution in [3.8, 4) is 23.0 Å². The van der Waals surface area contributed by atoms with E-state index in [1.807, 2.05) is 30.5 Å². The van der Waals surface area contributed by atoms with Gasteiger partial charge in [-0.15, -0.1) is 0 Å². The van der Waals surface area contributed by atoms with Crippen LogP contribution < -0.4 is 4.74 Å². The molecule has 2 aromatic carbocycles. The van der Waals surface area contributed by atoms with E-state index in [2.05, 4.69) is 20.1 Å². The molecule has 0 spiro atoms. The number of nitrogens with one attached hydrogen (secondary N) is 1. The molecule has 3 heterocycles. The highest BCUT2D eigenvalue weighted by atomic mass is 16.6. The summed E-state index contributed by atoms with van der Waals surface area (Å²) in [5, 5.41) is 17.0. The number of nitrogens with zero attached hydrogens (tertiary/aromatic N) is 5. The second-order valence-electron chi connectivity index (χ2n) is 6.49. The zero-order valence-corrected chi connectivity index (χ0v) is 15.2.